The molecule has 0 bridgehead atoms. The zero-order valence-corrected chi connectivity index (χ0v) is 15.9. The lowest BCUT2D eigenvalue weighted by Crippen LogP contribution is -2.08. The van der Waals surface area contributed by atoms with E-state index in [0.717, 1.165) is 11.1 Å². The molecule has 0 atom stereocenters. The predicted octanol–water partition coefficient (Wildman–Crippen LogP) is 4.58. The van der Waals surface area contributed by atoms with E-state index in [1.807, 2.05) is 48.7 Å². The van der Waals surface area contributed by atoms with Gasteiger partial charge in [0.15, 0.2) is 5.56 Å². The SMILES string of the molecule is COc1ccc(-c2oc(=O)c(C#N)c(SC)c2-c2ccc(OC)cc2)cc1. The normalized spacial score (nSPS) is 10.3. The first-order chi connectivity index (χ1) is 13.1. The largest absolute Gasteiger partial charge is 0.497 e. The molecule has 0 aliphatic heterocycles. The minimum atomic E-state index is -0.648. The molecule has 0 N–H and O–H groups in total. The van der Waals surface area contributed by atoms with Crippen molar-refractivity contribution in [2.24, 2.45) is 0 Å². The summed E-state index contributed by atoms with van der Waals surface area (Å²) in [4.78, 5) is 13.0. The van der Waals surface area contributed by atoms with Crippen molar-refractivity contribution in [3.8, 4) is 40.0 Å². The lowest BCUT2D eigenvalue weighted by atomic mass is 9.99. The number of nitriles is 1. The van der Waals surface area contributed by atoms with Gasteiger partial charge in [0.25, 0.3) is 0 Å². The van der Waals surface area contributed by atoms with Crippen LogP contribution in [0.3, 0.4) is 0 Å². The standard InChI is InChI=1S/C21H17NO4S/c1-24-15-8-4-13(5-9-15)18-19(14-6-10-16(25-2)11-7-14)26-21(23)17(12-22)20(18)27-3/h4-11H,1-3H3. The van der Waals surface area contributed by atoms with Gasteiger partial charge in [0.2, 0.25) is 0 Å². The van der Waals surface area contributed by atoms with Crippen molar-refractivity contribution in [1.82, 2.24) is 0 Å². The highest BCUT2D eigenvalue weighted by molar-refractivity contribution is 7.98. The van der Waals surface area contributed by atoms with Crippen molar-refractivity contribution < 1.29 is 13.9 Å². The van der Waals surface area contributed by atoms with Gasteiger partial charge in [-0.3, -0.25) is 0 Å². The molecular weight excluding hydrogens is 362 g/mol. The average Bonchev–Trinajstić information content (AvgIpc) is 2.73. The second-order valence-corrected chi connectivity index (χ2v) is 6.39. The number of methoxy groups -OCH3 is 2. The van der Waals surface area contributed by atoms with E-state index in [0.29, 0.717) is 27.7 Å². The Morgan fingerprint density at radius 1 is 0.926 bits per heavy atom. The topological polar surface area (TPSA) is 72.5 Å². The van der Waals surface area contributed by atoms with Crippen molar-refractivity contribution in [1.29, 1.82) is 5.26 Å². The molecule has 0 fully saturated rings. The third-order valence-electron chi connectivity index (χ3n) is 4.13. The minimum absolute atomic E-state index is 0.00517. The van der Waals surface area contributed by atoms with Gasteiger partial charge in [0.1, 0.15) is 23.3 Å². The Morgan fingerprint density at radius 2 is 1.44 bits per heavy atom. The molecule has 1 aromatic heterocycles. The van der Waals surface area contributed by atoms with Gasteiger partial charge in [0.05, 0.1) is 14.2 Å². The van der Waals surface area contributed by atoms with Gasteiger partial charge in [-0.25, -0.2) is 4.79 Å². The molecule has 0 saturated heterocycles. The molecule has 3 rings (SSSR count). The second kappa shape index (κ2) is 8.02. The number of thioether (sulfide) groups is 1. The quantitative estimate of drug-likeness (QED) is 0.604. The summed E-state index contributed by atoms with van der Waals surface area (Å²) < 4.78 is 16.0. The van der Waals surface area contributed by atoms with Crippen molar-refractivity contribution in [2.75, 3.05) is 20.5 Å². The van der Waals surface area contributed by atoms with E-state index in [1.54, 1.807) is 26.4 Å². The maximum Gasteiger partial charge on any atom is 0.355 e. The van der Waals surface area contributed by atoms with Gasteiger partial charge in [-0.15, -0.1) is 11.8 Å². The Morgan fingerprint density at radius 3 is 1.89 bits per heavy atom. The van der Waals surface area contributed by atoms with Gasteiger partial charge < -0.3 is 13.9 Å². The van der Waals surface area contributed by atoms with Gasteiger partial charge >= 0.3 is 5.63 Å². The van der Waals surface area contributed by atoms with Gasteiger partial charge in [-0.1, -0.05) is 12.1 Å². The summed E-state index contributed by atoms with van der Waals surface area (Å²) in [5.74, 6) is 1.83. The Labute approximate surface area is 161 Å². The maximum absolute atomic E-state index is 12.4. The van der Waals surface area contributed by atoms with E-state index in [9.17, 15) is 10.1 Å². The van der Waals surface area contributed by atoms with Crippen molar-refractivity contribution in [3.63, 3.8) is 0 Å². The molecule has 3 aromatic rings. The Bertz CT molecular complexity index is 1050. The lowest BCUT2D eigenvalue weighted by molar-refractivity contribution is 0.414. The molecule has 0 amide bonds. The van der Waals surface area contributed by atoms with Crippen molar-refractivity contribution >= 4 is 11.8 Å². The zero-order chi connectivity index (χ0) is 19.4. The second-order valence-electron chi connectivity index (χ2n) is 5.57. The predicted molar refractivity (Wildman–Crippen MR) is 105 cm³/mol. The molecule has 136 valence electrons. The van der Waals surface area contributed by atoms with Crippen LogP contribution in [0.2, 0.25) is 0 Å². The van der Waals surface area contributed by atoms with Crippen LogP contribution in [0.15, 0.2) is 62.6 Å². The number of hydrogen-bond donors (Lipinski definition) is 0. The zero-order valence-electron chi connectivity index (χ0n) is 15.1. The molecule has 27 heavy (non-hydrogen) atoms. The highest BCUT2D eigenvalue weighted by Crippen LogP contribution is 2.40. The smallest absolute Gasteiger partial charge is 0.355 e. The number of rotatable bonds is 5. The first kappa shape index (κ1) is 18.6. The minimum Gasteiger partial charge on any atom is -0.497 e. The molecule has 1 heterocycles. The van der Waals surface area contributed by atoms with Crippen LogP contribution in [0.25, 0.3) is 22.5 Å². The first-order valence-corrected chi connectivity index (χ1v) is 9.29. The maximum atomic E-state index is 12.4. The van der Waals surface area contributed by atoms with Crippen LogP contribution in [0.5, 0.6) is 11.5 Å². The first-order valence-electron chi connectivity index (χ1n) is 8.07. The van der Waals surface area contributed by atoms with Crippen LogP contribution in [-0.2, 0) is 0 Å². The van der Waals surface area contributed by atoms with E-state index in [4.69, 9.17) is 13.9 Å². The Hall–Kier alpha value is -3.17. The van der Waals surface area contributed by atoms with E-state index in [1.165, 1.54) is 11.8 Å². The van der Waals surface area contributed by atoms with Crippen LogP contribution >= 0.6 is 11.8 Å². The number of ether oxygens (including phenoxy) is 2. The van der Waals surface area contributed by atoms with Gasteiger partial charge in [-0.2, -0.15) is 5.26 Å². The summed E-state index contributed by atoms with van der Waals surface area (Å²) in [5.41, 5.74) is 1.60. The van der Waals surface area contributed by atoms with Crippen molar-refractivity contribution in [2.45, 2.75) is 4.90 Å². The van der Waals surface area contributed by atoms with E-state index in [-0.39, 0.29) is 5.56 Å². The summed E-state index contributed by atoms with van der Waals surface area (Å²) in [5, 5.41) is 9.45. The molecular formula is C21H17NO4S. The average molecular weight is 379 g/mol. The Balaban J connectivity index is 2.32. The number of nitrogens with zero attached hydrogens (tertiary/aromatic N) is 1. The molecule has 0 aliphatic rings. The fraction of sp³-hybridized carbons (Fsp3) is 0.143. The third kappa shape index (κ3) is 3.55. The highest BCUT2D eigenvalue weighted by atomic mass is 32.2. The molecule has 0 unspecified atom stereocenters. The summed E-state index contributed by atoms with van der Waals surface area (Å²) in [6.07, 6.45) is 1.83. The van der Waals surface area contributed by atoms with Crippen LogP contribution in [0, 0.1) is 11.3 Å². The molecule has 0 spiro atoms. The van der Waals surface area contributed by atoms with Gasteiger partial charge in [0, 0.05) is 16.0 Å². The number of benzene rings is 2. The monoisotopic (exact) mass is 379 g/mol. The van der Waals surface area contributed by atoms with Crippen LogP contribution in [0.1, 0.15) is 5.56 Å². The van der Waals surface area contributed by atoms with Crippen LogP contribution in [-0.4, -0.2) is 20.5 Å². The molecule has 5 nitrogen and oxygen atoms in total. The summed E-state index contributed by atoms with van der Waals surface area (Å²) >= 11 is 1.34. The molecule has 2 aromatic carbocycles. The van der Waals surface area contributed by atoms with Crippen LogP contribution < -0.4 is 15.1 Å². The molecule has 6 heteroatoms. The Kier molecular flexibility index (Phi) is 5.53. The summed E-state index contributed by atoms with van der Waals surface area (Å²) in [6.45, 7) is 0. The molecule has 0 aliphatic carbocycles. The van der Waals surface area contributed by atoms with E-state index >= 15 is 0 Å². The molecule has 0 radical (unpaired) electrons. The van der Waals surface area contributed by atoms with E-state index < -0.39 is 5.63 Å². The van der Waals surface area contributed by atoms with Gasteiger partial charge in [-0.05, 0) is 48.2 Å². The third-order valence-corrected chi connectivity index (χ3v) is 4.94. The van der Waals surface area contributed by atoms with Crippen LogP contribution in [0.4, 0.5) is 0 Å². The fourth-order valence-electron chi connectivity index (χ4n) is 2.78. The highest BCUT2D eigenvalue weighted by Gasteiger charge is 2.22. The van der Waals surface area contributed by atoms with E-state index in [2.05, 4.69) is 0 Å². The fourth-order valence-corrected chi connectivity index (χ4v) is 3.53. The molecule has 0 saturated carbocycles. The lowest BCUT2D eigenvalue weighted by Gasteiger charge is -2.14. The number of hydrogen-bond acceptors (Lipinski definition) is 6. The summed E-state index contributed by atoms with van der Waals surface area (Å²) in [7, 11) is 3.19. The van der Waals surface area contributed by atoms with Crippen molar-refractivity contribution in [3.05, 3.63) is 64.5 Å². The summed E-state index contributed by atoms with van der Waals surface area (Å²) in [6, 6.07) is 16.6.